The molecule has 0 aliphatic heterocycles. The number of rotatable bonds is 5. The van der Waals surface area contributed by atoms with Gasteiger partial charge in [-0.15, -0.1) is 4.91 Å². The van der Waals surface area contributed by atoms with Crippen LogP contribution >= 0.6 is 11.6 Å². The normalized spacial score (nSPS) is 11.6. The molecule has 7 nitrogen and oxygen atoms in total. The average molecular weight is 393 g/mol. The SMILES string of the molecule is Cc1c(S(=O)(=O)c2ccc(Cl)cc2)c2c(N=O)cccc2n1CC(=O)O. The smallest absolute Gasteiger partial charge is 0.323 e. The zero-order valence-corrected chi connectivity index (χ0v) is 15.1. The summed E-state index contributed by atoms with van der Waals surface area (Å²) in [4.78, 5) is 22.3. The van der Waals surface area contributed by atoms with Crippen molar-refractivity contribution in [3.63, 3.8) is 0 Å². The van der Waals surface area contributed by atoms with Crippen molar-refractivity contribution < 1.29 is 18.3 Å². The van der Waals surface area contributed by atoms with Gasteiger partial charge in [-0.1, -0.05) is 17.7 Å². The minimum absolute atomic E-state index is 0.0138. The molecule has 0 saturated carbocycles. The molecule has 0 amide bonds. The van der Waals surface area contributed by atoms with Crippen molar-refractivity contribution in [3.8, 4) is 0 Å². The fourth-order valence-electron chi connectivity index (χ4n) is 2.95. The fraction of sp³-hybridized carbons (Fsp3) is 0.118. The van der Waals surface area contributed by atoms with Crippen LogP contribution in [0, 0.1) is 11.8 Å². The molecule has 0 spiro atoms. The molecule has 0 bridgehead atoms. The molecule has 134 valence electrons. The van der Waals surface area contributed by atoms with Gasteiger partial charge in [-0.05, 0) is 48.5 Å². The Morgan fingerprint density at radius 3 is 2.42 bits per heavy atom. The topological polar surface area (TPSA) is 106 Å². The van der Waals surface area contributed by atoms with Gasteiger partial charge in [-0.25, -0.2) is 8.42 Å². The van der Waals surface area contributed by atoms with Gasteiger partial charge in [0.25, 0.3) is 0 Å². The number of aliphatic carboxylic acids is 1. The summed E-state index contributed by atoms with van der Waals surface area (Å²) in [6.45, 7) is 1.06. The zero-order valence-electron chi connectivity index (χ0n) is 13.5. The third-order valence-corrected chi connectivity index (χ3v) is 6.24. The number of aromatic nitrogens is 1. The van der Waals surface area contributed by atoms with E-state index in [0.29, 0.717) is 10.5 Å². The molecule has 0 unspecified atom stereocenters. The van der Waals surface area contributed by atoms with Gasteiger partial charge in [0.15, 0.2) is 0 Å². The van der Waals surface area contributed by atoms with Crippen LogP contribution in [0.25, 0.3) is 10.9 Å². The maximum atomic E-state index is 13.2. The third kappa shape index (κ3) is 2.87. The number of sulfone groups is 1. The molecular weight excluding hydrogens is 380 g/mol. The van der Waals surface area contributed by atoms with Gasteiger partial charge >= 0.3 is 5.97 Å². The van der Waals surface area contributed by atoms with Gasteiger partial charge in [-0.2, -0.15) is 0 Å². The van der Waals surface area contributed by atoms with E-state index in [1.54, 1.807) is 6.07 Å². The standard InChI is InChI=1S/C17H13ClN2O5S/c1-10-17(26(24,25)12-7-5-11(18)6-8-12)16-13(19-23)3-2-4-14(16)20(10)9-15(21)22/h2-8H,9H2,1H3,(H,21,22). The number of carboxylic acid groups (broad SMARTS) is 1. The summed E-state index contributed by atoms with van der Waals surface area (Å²) in [5, 5.41) is 12.6. The lowest BCUT2D eigenvalue weighted by atomic mass is 10.2. The first-order chi connectivity index (χ1) is 12.3. The van der Waals surface area contributed by atoms with Gasteiger partial charge in [0.2, 0.25) is 9.84 Å². The van der Waals surface area contributed by atoms with Gasteiger partial charge in [0.05, 0.1) is 10.4 Å². The van der Waals surface area contributed by atoms with Crippen LogP contribution < -0.4 is 0 Å². The summed E-state index contributed by atoms with van der Waals surface area (Å²) in [6.07, 6.45) is 0. The largest absolute Gasteiger partial charge is 0.480 e. The molecule has 3 aromatic rings. The predicted octanol–water partition coefficient (Wildman–Crippen LogP) is 3.92. The molecule has 3 rings (SSSR count). The number of hydrogen-bond acceptors (Lipinski definition) is 5. The highest BCUT2D eigenvalue weighted by molar-refractivity contribution is 7.91. The highest BCUT2D eigenvalue weighted by Crippen LogP contribution is 2.39. The lowest BCUT2D eigenvalue weighted by Crippen LogP contribution is -2.11. The number of fused-ring (bicyclic) bond motifs is 1. The summed E-state index contributed by atoms with van der Waals surface area (Å²) in [7, 11) is -4.03. The van der Waals surface area contributed by atoms with Crippen molar-refractivity contribution >= 4 is 44.0 Å². The lowest BCUT2D eigenvalue weighted by Gasteiger charge is -2.07. The molecule has 2 aromatic carbocycles. The number of hydrogen-bond donors (Lipinski definition) is 1. The van der Waals surface area contributed by atoms with E-state index in [2.05, 4.69) is 5.18 Å². The number of benzene rings is 2. The summed E-state index contributed by atoms with van der Waals surface area (Å²) >= 11 is 5.82. The minimum atomic E-state index is -4.03. The molecule has 0 aliphatic carbocycles. The molecule has 0 radical (unpaired) electrons. The minimum Gasteiger partial charge on any atom is -0.480 e. The van der Waals surface area contributed by atoms with Crippen molar-refractivity contribution in [2.24, 2.45) is 5.18 Å². The Balaban J connectivity index is 2.42. The van der Waals surface area contributed by atoms with Crippen LogP contribution in [-0.2, 0) is 21.2 Å². The number of carbonyl (C=O) groups is 1. The monoisotopic (exact) mass is 392 g/mol. The number of carboxylic acids is 1. The molecule has 0 aliphatic rings. The molecule has 1 heterocycles. The summed E-state index contributed by atoms with van der Waals surface area (Å²) in [5.74, 6) is -1.13. The van der Waals surface area contributed by atoms with Gasteiger partial charge in [0, 0.05) is 16.1 Å². The molecule has 1 N–H and O–H groups in total. The molecule has 9 heteroatoms. The van der Waals surface area contributed by atoms with E-state index >= 15 is 0 Å². The van der Waals surface area contributed by atoms with Gasteiger partial charge in [0.1, 0.15) is 17.1 Å². The molecule has 0 fully saturated rings. The Morgan fingerprint density at radius 2 is 1.85 bits per heavy atom. The molecule has 0 saturated heterocycles. The maximum absolute atomic E-state index is 13.2. The summed E-state index contributed by atoms with van der Waals surface area (Å²) in [6, 6.07) is 10.1. The van der Waals surface area contributed by atoms with Crippen molar-refractivity contribution in [2.75, 3.05) is 0 Å². The van der Waals surface area contributed by atoms with Crippen molar-refractivity contribution in [3.05, 3.63) is 58.1 Å². The quantitative estimate of drug-likeness (QED) is 0.662. The predicted molar refractivity (Wildman–Crippen MR) is 96.7 cm³/mol. The Kier molecular flexibility index (Phi) is 4.55. The average Bonchev–Trinajstić information content (AvgIpc) is 2.87. The number of nitroso groups, excluding NO2 is 1. The second-order valence-corrected chi connectivity index (χ2v) is 7.94. The van der Waals surface area contributed by atoms with Crippen LogP contribution in [0.4, 0.5) is 5.69 Å². The summed E-state index contributed by atoms with van der Waals surface area (Å²) in [5.41, 5.74) is 0.463. The first-order valence-corrected chi connectivity index (χ1v) is 9.31. The van der Waals surface area contributed by atoms with E-state index in [4.69, 9.17) is 16.7 Å². The van der Waals surface area contributed by atoms with Crippen LogP contribution in [0.3, 0.4) is 0 Å². The van der Waals surface area contributed by atoms with Crippen LogP contribution in [0.15, 0.2) is 57.4 Å². The van der Waals surface area contributed by atoms with Crippen molar-refractivity contribution in [1.82, 2.24) is 4.57 Å². The number of halogens is 1. The van der Waals surface area contributed by atoms with Crippen molar-refractivity contribution in [1.29, 1.82) is 0 Å². The second kappa shape index (κ2) is 6.54. The fourth-order valence-corrected chi connectivity index (χ4v) is 4.78. The maximum Gasteiger partial charge on any atom is 0.323 e. The Labute approximate surface area is 153 Å². The Hall–Kier alpha value is -2.71. The van der Waals surface area contributed by atoms with Gasteiger partial charge in [-0.3, -0.25) is 4.79 Å². The van der Waals surface area contributed by atoms with E-state index in [-0.39, 0.29) is 26.6 Å². The molecule has 0 atom stereocenters. The third-order valence-electron chi connectivity index (χ3n) is 4.06. The lowest BCUT2D eigenvalue weighted by molar-refractivity contribution is -0.137. The molecule has 26 heavy (non-hydrogen) atoms. The zero-order chi connectivity index (χ0) is 19.1. The van der Waals surface area contributed by atoms with Crippen LogP contribution in [0.5, 0.6) is 0 Å². The molecular formula is C17H13ClN2O5S. The van der Waals surface area contributed by atoms with Crippen LogP contribution in [0.2, 0.25) is 5.02 Å². The van der Waals surface area contributed by atoms with E-state index in [0.717, 1.165) is 0 Å². The van der Waals surface area contributed by atoms with Gasteiger partial charge < -0.3 is 9.67 Å². The van der Waals surface area contributed by atoms with E-state index in [1.165, 1.54) is 47.9 Å². The van der Waals surface area contributed by atoms with Crippen LogP contribution in [0.1, 0.15) is 5.69 Å². The van der Waals surface area contributed by atoms with Crippen molar-refractivity contribution in [2.45, 2.75) is 23.3 Å². The second-order valence-electron chi connectivity index (χ2n) is 5.61. The first kappa shape index (κ1) is 18.1. The first-order valence-electron chi connectivity index (χ1n) is 7.45. The molecule has 1 aromatic heterocycles. The Morgan fingerprint density at radius 1 is 1.19 bits per heavy atom. The highest BCUT2D eigenvalue weighted by atomic mass is 35.5. The van der Waals surface area contributed by atoms with E-state index in [1.807, 2.05) is 0 Å². The highest BCUT2D eigenvalue weighted by Gasteiger charge is 2.29. The summed E-state index contributed by atoms with van der Waals surface area (Å²) < 4.78 is 27.7. The van der Waals surface area contributed by atoms with E-state index < -0.39 is 22.4 Å². The Bertz CT molecular complexity index is 1130. The van der Waals surface area contributed by atoms with Crippen LogP contribution in [-0.4, -0.2) is 24.1 Å². The van der Waals surface area contributed by atoms with E-state index in [9.17, 15) is 18.1 Å². The number of nitrogens with zero attached hydrogens (tertiary/aromatic N) is 2.